The predicted octanol–water partition coefficient (Wildman–Crippen LogP) is 3.56. The van der Waals surface area contributed by atoms with Crippen LogP contribution in [0.1, 0.15) is 15.9 Å². The van der Waals surface area contributed by atoms with Gasteiger partial charge in [0.05, 0.1) is 5.56 Å². The van der Waals surface area contributed by atoms with E-state index in [-0.39, 0.29) is 0 Å². The number of hydrogen-bond acceptors (Lipinski definition) is 3. The molecule has 0 saturated carbocycles. The molecule has 2 aromatic carbocycles. The number of ether oxygens (including phenoxy) is 1. The van der Waals surface area contributed by atoms with Crippen LogP contribution < -0.4 is 10.5 Å². The third kappa shape index (κ3) is 2.90. The molecule has 0 radical (unpaired) electrons. The lowest BCUT2D eigenvalue weighted by Gasteiger charge is -2.07. The average Bonchev–Trinajstić information content (AvgIpc) is 2.35. The molecule has 2 aromatic rings. The highest BCUT2D eigenvalue weighted by Crippen LogP contribution is 2.21. The quantitative estimate of drug-likeness (QED) is 0.524. The van der Waals surface area contributed by atoms with Crippen LogP contribution in [-0.2, 0) is 0 Å². The van der Waals surface area contributed by atoms with Gasteiger partial charge in [0.1, 0.15) is 5.75 Å². The van der Waals surface area contributed by atoms with Gasteiger partial charge in [-0.1, -0.05) is 33.6 Å². The Morgan fingerprint density at radius 2 is 1.83 bits per heavy atom. The first-order valence-electron chi connectivity index (χ1n) is 5.40. The lowest BCUT2D eigenvalue weighted by molar-refractivity contribution is 0.0736. The van der Waals surface area contributed by atoms with Crippen LogP contribution in [-0.4, -0.2) is 5.97 Å². The molecule has 0 aromatic heterocycles. The Balaban J connectivity index is 2.21. The molecular weight excluding hydrogens is 294 g/mol. The van der Waals surface area contributed by atoms with Gasteiger partial charge in [0.25, 0.3) is 0 Å². The van der Waals surface area contributed by atoms with Crippen LogP contribution in [0.25, 0.3) is 0 Å². The number of carbonyl (C=O) groups is 1. The van der Waals surface area contributed by atoms with Gasteiger partial charge >= 0.3 is 5.97 Å². The maximum absolute atomic E-state index is 11.9. The molecule has 0 unspecified atom stereocenters. The summed E-state index contributed by atoms with van der Waals surface area (Å²) in [6, 6.07) is 12.3. The van der Waals surface area contributed by atoms with Crippen molar-refractivity contribution in [2.45, 2.75) is 6.92 Å². The van der Waals surface area contributed by atoms with Gasteiger partial charge in [-0.15, -0.1) is 0 Å². The number of carbonyl (C=O) groups excluding carboxylic acids is 1. The SMILES string of the molecule is Cc1ccc(OC(=O)c2cc(Br)ccc2N)cc1. The van der Waals surface area contributed by atoms with Crippen molar-refractivity contribution < 1.29 is 9.53 Å². The highest BCUT2D eigenvalue weighted by molar-refractivity contribution is 9.10. The number of halogens is 1. The van der Waals surface area contributed by atoms with Gasteiger partial charge in [0, 0.05) is 10.2 Å². The monoisotopic (exact) mass is 305 g/mol. The molecule has 0 atom stereocenters. The molecule has 0 amide bonds. The average molecular weight is 306 g/mol. The molecule has 2 N–H and O–H groups in total. The Kier molecular flexibility index (Phi) is 3.67. The molecule has 92 valence electrons. The summed E-state index contributed by atoms with van der Waals surface area (Å²) in [4.78, 5) is 11.9. The van der Waals surface area contributed by atoms with Crippen molar-refractivity contribution in [2.75, 3.05) is 5.73 Å². The minimum Gasteiger partial charge on any atom is -0.423 e. The van der Waals surface area contributed by atoms with E-state index in [0.29, 0.717) is 17.0 Å². The fourth-order valence-corrected chi connectivity index (χ4v) is 1.83. The number of rotatable bonds is 2. The van der Waals surface area contributed by atoms with E-state index < -0.39 is 5.97 Å². The third-order valence-corrected chi connectivity index (χ3v) is 2.96. The first-order chi connectivity index (χ1) is 8.56. The Hall–Kier alpha value is -1.81. The number of nitrogens with two attached hydrogens (primary N) is 1. The molecule has 0 spiro atoms. The predicted molar refractivity (Wildman–Crippen MR) is 74.7 cm³/mol. The Bertz CT molecular complexity index is 579. The summed E-state index contributed by atoms with van der Waals surface area (Å²) in [5, 5.41) is 0. The highest BCUT2D eigenvalue weighted by Gasteiger charge is 2.12. The summed E-state index contributed by atoms with van der Waals surface area (Å²) in [5.74, 6) is 0.0441. The van der Waals surface area contributed by atoms with E-state index in [9.17, 15) is 4.79 Å². The summed E-state index contributed by atoms with van der Waals surface area (Å²) in [5.41, 5.74) is 7.60. The van der Waals surface area contributed by atoms with Crippen LogP contribution in [0.3, 0.4) is 0 Å². The maximum atomic E-state index is 11.9. The first-order valence-corrected chi connectivity index (χ1v) is 6.19. The van der Waals surface area contributed by atoms with E-state index in [1.165, 1.54) is 0 Å². The van der Waals surface area contributed by atoms with Gasteiger partial charge in [-0.05, 0) is 37.3 Å². The molecule has 4 heteroatoms. The second-order valence-corrected chi connectivity index (χ2v) is 4.85. The van der Waals surface area contributed by atoms with E-state index in [4.69, 9.17) is 10.5 Å². The van der Waals surface area contributed by atoms with Crippen LogP contribution in [0.4, 0.5) is 5.69 Å². The molecule has 0 aliphatic heterocycles. The Morgan fingerprint density at radius 1 is 1.17 bits per heavy atom. The van der Waals surface area contributed by atoms with Crippen LogP contribution in [0.2, 0.25) is 0 Å². The van der Waals surface area contributed by atoms with Gasteiger partial charge in [0.2, 0.25) is 0 Å². The summed E-state index contributed by atoms with van der Waals surface area (Å²) in [6.45, 7) is 1.97. The van der Waals surface area contributed by atoms with E-state index in [1.807, 2.05) is 19.1 Å². The molecule has 0 fully saturated rings. The first kappa shape index (κ1) is 12.6. The molecule has 0 heterocycles. The van der Waals surface area contributed by atoms with Gasteiger partial charge < -0.3 is 10.5 Å². The topological polar surface area (TPSA) is 52.3 Å². The number of esters is 1. The lowest BCUT2D eigenvalue weighted by atomic mass is 10.2. The zero-order valence-corrected chi connectivity index (χ0v) is 11.4. The number of anilines is 1. The van der Waals surface area contributed by atoms with E-state index >= 15 is 0 Å². The van der Waals surface area contributed by atoms with Gasteiger partial charge in [-0.2, -0.15) is 0 Å². The summed E-state index contributed by atoms with van der Waals surface area (Å²) >= 11 is 3.30. The van der Waals surface area contributed by atoms with Gasteiger partial charge in [-0.25, -0.2) is 4.79 Å². The molecule has 18 heavy (non-hydrogen) atoms. The van der Waals surface area contributed by atoms with E-state index in [2.05, 4.69) is 15.9 Å². The fourth-order valence-electron chi connectivity index (χ4n) is 1.47. The van der Waals surface area contributed by atoms with Crippen molar-refractivity contribution in [2.24, 2.45) is 0 Å². The molecule has 0 saturated heterocycles. The van der Waals surface area contributed by atoms with Crippen molar-refractivity contribution in [1.29, 1.82) is 0 Å². The van der Waals surface area contributed by atoms with Crippen LogP contribution >= 0.6 is 15.9 Å². The lowest BCUT2D eigenvalue weighted by Crippen LogP contribution is -2.11. The van der Waals surface area contributed by atoms with Crippen molar-refractivity contribution in [1.82, 2.24) is 0 Å². The second kappa shape index (κ2) is 5.23. The second-order valence-electron chi connectivity index (χ2n) is 3.93. The third-order valence-electron chi connectivity index (χ3n) is 2.47. The number of benzene rings is 2. The van der Waals surface area contributed by atoms with Crippen molar-refractivity contribution in [3.8, 4) is 5.75 Å². The highest BCUT2D eigenvalue weighted by atomic mass is 79.9. The normalized spacial score (nSPS) is 10.1. The summed E-state index contributed by atoms with van der Waals surface area (Å²) in [6.07, 6.45) is 0. The number of aryl methyl sites for hydroxylation is 1. The van der Waals surface area contributed by atoms with Gasteiger partial charge in [0.15, 0.2) is 0 Å². The largest absolute Gasteiger partial charge is 0.423 e. The van der Waals surface area contributed by atoms with Crippen LogP contribution in [0, 0.1) is 6.92 Å². The van der Waals surface area contributed by atoms with Crippen LogP contribution in [0.5, 0.6) is 5.75 Å². The molecular formula is C14H12BrNO2. The summed E-state index contributed by atoms with van der Waals surface area (Å²) in [7, 11) is 0. The fraction of sp³-hybridized carbons (Fsp3) is 0.0714. The van der Waals surface area contributed by atoms with Crippen LogP contribution in [0.15, 0.2) is 46.9 Å². The smallest absolute Gasteiger partial charge is 0.345 e. The molecule has 0 bridgehead atoms. The zero-order valence-electron chi connectivity index (χ0n) is 9.81. The van der Waals surface area contributed by atoms with Gasteiger partial charge in [-0.3, -0.25) is 0 Å². The number of hydrogen-bond donors (Lipinski definition) is 1. The van der Waals surface area contributed by atoms with E-state index in [1.54, 1.807) is 30.3 Å². The maximum Gasteiger partial charge on any atom is 0.345 e. The molecule has 2 rings (SSSR count). The summed E-state index contributed by atoms with van der Waals surface area (Å²) < 4.78 is 6.04. The molecule has 3 nitrogen and oxygen atoms in total. The molecule has 0 aliphatic rings. The Morgan fingerprint density at radius 3 is 2.50 bits per heavy atom. The van der Waals surface area contributed by atoms with Crippen molar-refractivity contribution in [3.63, 3.8) is 0 Å². The van der Waals surface area contributed by atoms with E-state index in [0.717, 1.165) is 10.0 Å². The molecule has 0 aliphatic carbocycles. The standard InChI is InChI=1S/C14H12BrNO2/c1-9-2-5-11(6-3-9)18-14(17)12-8-10(15)4-7-13(12)16/h2-8H,16H2,1H3. The Labute approximate surface area is 114 Å². The minimum atomic E-state index is -0.461. The minimum absolute atomic E-state index is 0.352. The zero-order chi connectivity index (χ0) is 13.1. The van der Waals surface area contributed by atoms with Crippen molar-refractivity contribution >= 4 is 27.6 Å². The van der Waals surface area contributed by atoms with Crippen molar-refractivity contribution in [3.05, 3.63) is 58.1 Å². The number of nitrogen functional groups attached to an aromatic ring is 1.